The maximum atomic E-state index is 11.0. The van der Waals surface area contributed by atoms with Crippen LogP contribution < -0.4 is 0 Å². The van der Waals surface area contributed by atoms with E-state index in [1.807, 2.05) is 97.1 Å². The molecule has 4 N–H and O–H groups in total. The first-order chi connectivity index (χ1) is 20.0. The first kappa shape index (κ1) is 24.6. The highest BCUT2D eigenvalue weighted by Crippen LogP contribution is 2.58. The molecule has 0 amide bonds. The van der Waals surface area contributed by atoms with Gasteiger partial charge in [0.25, 0.3) is 0 Å². The number of hydrogen-bond donors (Lipinski definition) is 4. The summed E-state index contributed by atoms with van der Waals surface area (Å²) < 4.78 is 0. The number of fused-ring (bicyclic) bond motifs is 3. The van der Waals surface area contributed by atoms with Crippen LogP contribution in [0.3, 0.4) is 0 Å². The van der Waals surface area contributed by atoms with Crippen LogP contribution in [0.15, 0.2) is 133 Å². The molecule has 0 atom stereocenters. The molecule has 0 heterocycles. The fourth-order valence-corrected chi connectivity index (χ4v) is 6.32. The van der Waals surface area contributed by atoms with Crippen LogP contribution in [-0.2, 0) is 5.41 Å². The van der Waals surface area contributed by atoms with Crippen LogP contribution in [0.1, 0.15) is 22.3 Å². The van der Waals surface area contributed by atoms with Gasteiger partial charge in [-0.25, -0.2) is 0 Å². The van der Waals surface area contributed by atoms with Gasteiger partial charge < -0.3 is 20.4 Å². The van der Waals surface area contributed by atoms with Crippen molar-refractivity contribution in [2.75, 3.05) is 0 Å². The lowest BCUT2D eigenvalue weighted by atomic mass is 9.66. The Morgan fingerprint density at radius 2 is 0.780 bits per heavy atom. The molecule has 0 saturated heterocycles. The van der Waals surface area contributed by atoms with E-state index >= 15 is 0 Å². The maximum absolute atomic E-state index is 11.0. The minimum absolute atomic E-state index is 0.120. The van der Waals surface area contributed by atoms with E-state index in [-0.39, 0.29) is 23.0 Å². The standard InChI is InChI=1S/C37H26O4/c38-27-13-15-29-30-16-14-28(39)22-34(30)37(33(29)21-27,25-11-17-35(40)31(19-25)23-7-3-1-4-8-23)26-12-18-36(41)32(20-26)24-9-5-2-6-10-24/h1-22,38-41H. The van der Waals surface area contributed by atoms with Crippen molar-refractivity contribution in [2.24, 2.45) is 0 Å². The fraction of sp³-hybridized carbons (Fsp3) is 0.0270. The molecule has 6 aromatic rings. The third-order valence-corrected chi connectivity index (χ3v) is 8.13. The van der Waals surface area contributed by atoms with Crippen LogP contribution in [0.5, 0.6) is 23.0 Å². The normalized spacial score (nSPS) is 13.0. The molecule has 6 aromatic carbocycles. The largest absolute Gasteiger partial charge is 0.508 e. The second-order valence-electron chi connectivity index (χ2n) is 10.4. The van der Waals surface area contributed by atoms with Gasteiger partial charge in [-0.1, -0.05) is 84.9 Å². The van der Waals surface area contributed by atoms with Crippen molar-refractivity contribution < 1.29 is 20.4 Å². The Bertz CT molecular complexity index is 1780. The summed E-state index contributed by atoms with van der Waals surface area (Å²) in [7, 11) is 0. The van der Waals surface area contributed by atoms with Gasteiger partial charge in [0.05, 0.1) is 5.41 Å². The van der Waals surface area contributed by atoms with E-state index < -0.39 is 5.41 Å². The second-order valence-corrected chi connectivity index (χ2v) is 10.4. The van der Waals surface area contributed by atoms with Gasteiger partial charge in [-0.05, 0) is 93.0 Å². The smallest absolute Gasteiger partial charge is 0.123 e. The minimum atomic E-state index is -0.989. The first-order valence-corrected chi connectivity index (χ1v) is 13.4. The van der Waals surface area contributed by atoms with Gasteiger partial charge in [-0.3, -0.25) is 0 Å². The lowest BCUT2D eigenvalue weighted by Gasteiger charge is -2.35. The Morgan fingerprint density at radius 3 is 1.20 bits per heavy atom. The Hall–Kier alpha value is -5.48. The predicted octanol–water partition coefficient (Wildman–Crippen LogP) is 8.21. The number of aromatic hydroxyl groups is 4. The van der Waals surface area contributed by atoms with Crippen molar-refractivity contribution in [3.05, 3.63) is 156 Å². The molecule has 7 rings (SSSR count). The summed E-state index contributed by atoms with van der Waals surface area (Å²) in [6.45, 7) is 0. The van der Waals surface area contributed by atoms with Crippen LogP contribution in [0.25, 0.3) is 33.4 Å². The van der Waals surface area contributed by atoms with Crippen molar-refractivity contribution in [1.29, 1.82) is 0 Å². The summed E-state index contributed by atoms with van der Waals surface area (Å²) in [5.41, 5.74) is 7.30. The second kappa shape index (κ2) is 9.32. The third-order valence-electron chi connectivity index (χ3n) is 8.13. The summed E-state index contributed by atoms with van der Waals surface area (Å²) in [6.07, 6.45) is 0. The minimum Gasteiger partial charge on any atom is -0.508 e. The van der Waals surface area contributed by atoms with Crippen LogP contribution in [0.4, 0.5) is 0 Å². The van der Waals surface area contributed by atoms with Gasteiger partial charge >= 0.3 is 0 Å². The zero-order valence-corrected chi connectivity index (χ0v) is 22.0. The summed E-state index contributed by atoms with van der Waals surface area (Å²) in [4.78, 5) is 0. The molecule has 1 aliphatic rings. The van der Waals surface area contributed by atoms with Crippen LogP contribution in [0, 0.1) is 0 Å². The summed E-state index contributed by atoms with van der Waals surface area (Å²) >= 11 is 0. The molecule has 4 heteroatoms. The Morgan fingerprint density at radius 1 is 0.366 bits per heavy atom. The Kier molecular flexibility index (Phi) is 5.58. The van der Waals surface area contributed by atoms with Crippen molar-refractivity contribution in [1.82, 2.24) is 0 Å². The third kappa shape index (κ3) is 3.76. The van der Waals surface area contributed by atoms with Gasteiger partial charge in [-0.2, -0.15) is 0 Å². The van der Waals surface area contributed by atoms with Gasteiger partial charge in [0.15, 0.2) is 0 Å². The highest BCUT2D eigenvalue weighted by molar-refractivity contribution is 5.89. The summed E-state index contributed by atoms with van der Waals surface area (Å²) in [5, 5.41) is 43.5. The van der Waals surface area contributed by atoms with Crippen molar-refractivity contribution in [3.8, 4) is 56.4 Å². The molecule has 0 bridgehead atoms. The molecule has 0 saturated carbocycles. The number of hydrogen-bond acceptors (Lipinski definition) is 4. The SMILES string of the molecule is Oc1ccc2c(c1)C(c1ccc(O)c(-c3ccccc3)c1)(c1ccc(O)c(-c3ccccc3)c1)c1cc(O)ccc1-2. The van der Waals surface area contributed by atoms with Gasteiger partial charge in [-0.15, -0.1) is 0 Å². The quantitative estimate of drug-likeness (QED) is 0.183. The molecule has 198 valence electrons. The van der Waals surface area contributed by atoms with E-state index in [2.05, 4.69) is 0 Å². The van der Waals surface area contributed by atoms with Gasteiger partial charge in [0, 0.05) is 11.1 Å². The number of benzene rings is 6. The topological polar surface area (TPSA) is 80.9 Å². The van der Waals surface area contributed by atoms with E-state index in [1.54, 1.807) is 36.4 Å². The van der Waals surface area contributed by atoms with Crippen molar-refractivity contribution >= 4 is 0 Å². The molecule has 0 unspecified atom stereocenters. The van der Waals surface area contributed by atoms with E-state index in [4.69, 9.17) is 0 Å². The molecule has 0 aliphatic heterocycles. The number of phenols is 4. The van der Waals surface area contributed by atoms with Crippen molar-refractivity contribution in [3.63, 3.8) is 0 Å². The summed E-state index contributed by atoms with van der Waals surface area (Å²) in [5.74, 6) is 0.538. The average molecular weight is 535 g/mol. The number of rotatable bonds is 4. The molecule has 41 heavy (non-hydrogen) atoms. The van der Waals surface area contributed by atoms with Crippen molar-refractivity contribution in [2.45, 2.75) is 5.41 Å². The molecular formula is C37H26O4. The van der Waals surface area contributed by atoms with Gasteiger partial charge in [0.2, 0.25) is 0 Å². The zero-order valence-electron chi connectivity index (χ0n) is 22.0. The molecule has 0 aromatic heterocycles. The summed E-state index contributed by atoms with van der Waals surface area (Å²) in [6, 6.07) is 41.2. The lowest BCUT2D eigenvalue weighted by molar-refractivity contribution is 0.471. The molecule has 1 aliphatic carbocycles. The number of phenolic OH excluding ortho intramolecular Hbond substituents is 4. The van der Waals surface area contributed by atoms with Gasteiger partial charge in [0.1, 0.15) is 23.0 Å². The van der Waals surface area contributed by atoms with E-state index in [1.165, 1.54) is 0 Å². The highest BCUT2D eigenvalue weighted by Gasteiger charge is 2.47. The van der Waals surface area contributed by atoms with Crippen LogP contribution in [-0.4, -0.2) is 20.4 Å². The Balaban J connectivity index is 1.62. The maximum Gasteiger partial charge on any atom is 0.123 e. The molecule has 0 radical (unpaired) electrons. The fourth-order valence-electron chi connectivity index (χ4n) is 6.32. The van der Waals surface area contributed by atoms with Crippen LogP contribution in [0.2, 0.25) is 0 Å². The van der Waals surface area contributed by atoms with Crippen LogP contribution >= 0.6 is 0 Å². The molecule has 0 fully saturated rings. The predicted molar refractivity (Wildman–Crippen MR) is 161 cm³/mol. The average Bonchev–Trinajstić information content (AvgIpc) is 3.28. The molecular weight excluding hydrogens is 508 g/mol. The Labute approximate surface area is 237 Å². The molecule has 4 nitrogen and oxygen atoms in total. The lowest BCUT2D eigenvalue weighted by Crippen LogP contribution is -2.28. The zero-order chi connectivity index (χ0) is 28.1. The monoisotopic (exact) mass is 534 g/mol. The van der Waals surface area contributed by atoms with E-state index in [9.17, 15) is 20.4 Å². The van der Waals surface area contributed by atoms with E-state index in [0.717, 1.165) is 44.5 Å². The molecule has 0 spiro atoms. The first-order valence-electron chi connectivity index (χ1n) is 13.4. The van der Waals surface area contributed by atoms with E-state index in [0.29, 0.717) is 11.1 Å². The highest BCUT2D eigenvalue weighted by atomic mass is 16.3.